The van der Waals surface area contributed by atoms with Gasteiger partial charge in [0, 0.05) is 30.4 Å². The minimum Gasteiger partial charge on any atom is -0.484 e. The van der Waals surface area contributed by atoms with E-state index in [2.05, 4.69) is 10.1 Å². The average Bonchev–Trinajstić information content (AvgIpc) is 3.11. The highest BCUT2D eigenvalue weighted by atomic mass is 19.4. The summed E-state index contributed by atoms with van der Waals surface area (Å²) in [5, 5.41) is 2.53. The van der Waals surface area contributed by atoms with Crippen molar-refractivity contribution >= 4 is 23.2 Å². The Balaban J connectivity index is 1.49. The highest BCUT2D eigenvalue weighted by Crippen LogP contribution is 2.24. The molecule has 154 valence electrons. The van der Waals surface area contributed by atoms with Crippen molar-refractivity contribution in [1.29, 1.82) is 0 Å². The number of halogens is 3. The third kappa shape index (κ3) is 6.13. The van der Waals surface area contributed by atoms with Crippen molar-refractivity contribution in [2.24, 2.45) is 0 Å². The Hall–Kier alpha value is -3.23. The van der Waals surface area contributed by atoms with E-state index in [1.54, 1.807) is 29.2 Å². The fraction of sp³-hybridized carbons (Fsp3) is 0.300. The summed E-state index contributed by atoms with van der Waals surface area (Å²) in [6, 6.07) is 12.5. The Morgan fingerprint density at radius 3 is 2.48 bits per heavy atom. The molecule has 9 heteroatoms. The molecule has 2 aromatic rings. The number of alkyl halides is 3. The molecule has 29 heavy (non-hydrogen) atoms. The van der Waals surface area contributed by atoms with Gasteiger partial charge in [-0.05, 0) is 42.8 Å². The molecule has 0 radical (unpaired) electrons. The maximum absolute atomic E-state index is 12.2. The summed E-state index contributed by atoms with van der Waals surface area (Å²) >= 11 is 0. The molecule has 1 aliphatic rings. The van der Waals surface area contributed by atoms with Gasteiger partial charge in [-0.1, -0.05) is 6.07 Å². The van der Waals surface area contributed by atoms with E-state index in [0.29, 0.717) is 24.4 Å². The molecular weight excluding hydrogens is 389 g/mol. The molecule has 1 heterocycles. The quantitative estimate of drug-likeness (QED) is 0.757. The van der Waals surface area contributed by atoms with Gasteiger partial charge in [-0.15, -0.1) is 0 Å². The Morgan fingerprint density at radius 2 is 1.83 bits per heavy atom. The van der Waals surface area contributed by atoms with E-state index in [1.807, 2.05) is 0 Å². The normalized spacial score (nSPS) is 14.0. The highest BCUT2D eigenvalue weighted by Gasteiger charge is 2.28. The van der Waals surface area contributed by atoms with Gasteiger partial charge in [0.15, 0.2) is 13.2 Å². The van der Waals surface area contributed by atoms with Crippen LogP contribution in [0.25, 0.3) is 0 Å². The molecule has 0 saturated carbocycles. The van der Waals surface area contributed by atoms with E-state index in [9.17, 15) is 22.8 Å². The molecule has 0 spiro atoms. The first-order valence-electron chi connectivity index (χ1n) is 8.93. The molecule has 1 saturated heterocycles. The summed E-state index contributed by atoms with van der Waals surface area (Å²) in [6.45, 7) is -1.00. The first kappa shape index (κ1) is 20.5. The van der Waals surface area contributed by atoms with Crippen LogP contribution in [-0.4, -0.2) is 37.7 Å². The van der Waals surface area contributed by atoms with Crippen molar-refractivity contribution in [1.82, 2.24) is 0 Å². The van der Waals surface area contributed by atoms with Crippen LogP contribution in [0.1, 0.15) is 12.8 Å². The van der Waals surface area contributed by atoms with Crippen LogP contribution in [0.15, 0.2) is 48.5 Å². The van der Waals surface area contributed by atoms with E-state index >= 15 is 0 Å². The molecule has 2 aromatic carbocycles. The molecular formula is C20H19F3N2O4. The van der Waals surface area contributed by atoms with E-state index < -0.39 is 18.7 Å². The third-order valence-corrected chi connectivity index (χ3v) is 4.11. The van der Waals surface area contributed by atoms with Crippen LogP contribution in [0, 0.1) is 0 Å². The Bertz CT molecular complexity index is 869. The number of nitrogens with zero attached hydrogens (tertiary/aromatic N) is 1. The van der Waals surface area contributed by atoms with E-state index in [1.165, 1.54) is 24.3 Å². The molecule has 6 nitrogen and oxygen atoms in total. The second-order valence-electron chi connectivity index (χ2n) is 6.41. The molecule has 1 fully saturated rings. The number of hydrogen-bond donors (Lipinski definition) is 1. The number of carbonyl (C=O) groups excluding carboxylic acids is 2. The van der Waals surface area contributed by atoms with Crippen LogP contribution in [-0.2, 0) is 9.59 Å². The molecule has 0 bridgehead atoms. The van der Waals surface area contributed by atoms with Crippen LogP contribution in [0.3, 0.4) is 0 Å². The van der Waals surface area contributed by atoms with Gasteiger partial charge in [0.25, 0.3) is 5.91 Å². The first-order chi connectivity index (χ1) is 13.8. The summed E-state index contributed by atoms with van der Waals surface area (Å²) in [5.41, 5.74) is 1.07. The molecule has 3 rings (SSSR count). The summed E-state index contributed by atoms with van der Waals surface area (Å²) in [7, 11) is 0. The minimum absolute atomic E-state index is 0.00640. The zero-order valence-corrected chi connectivity index (χ0v) is 15.4. The molecule has 0 aromatic heterocycles. The average molecular weight is 408 g/mol. The molecule has 0 aliphatic carbocycles. The second-order valence-corrected chi connectivity index (χ2v) is 6.41. The van der Waals surface area contributed by atoms with Crippen molar-refractivity contribution in [2.75, 3.05) is 30.0 Å². The first-order valence-corrected chi connectivity index (χ1v) is 8.93. The second kappa shape index (κ2) is 8.85. The maximum Gasteiger partial charge on any atom is 0.422 e. The number of benzene rings is 2. The SMILES string of the molecule is O=C(COc1ccc(N2CCCC2=O)cc1)Nc1cccc(OCC(F)(F)F)c1. The van der Waals surface area contributed by atoms with Crippen LogP contribution >= 0.6 is 0 Å². The summed E-state index contributed by atoms with van der Waals surface area (Å²) in [6.07, 6.45) is -3.06. The fourth-order valence-electron chi connectivity index (χ4n) is 2.82. The smallest absolute Gasteiger partial charge is 0.422 e. The number of amides is 2. The van der Waals surface area contributed by atoms with Gasteiger partial charge >= 0.3 is 6.18 Å². The maximum atomic E-state index is 12.2. The third-order valence-electron chi connectivity index (χ3n) is 4.11. The van der Waals surface area contributed by atoms with Gasteiger partial charge in [0.2, 0.25) is 5.91 Å². The van der Waals surface area contributed by atoms with Crippen LogP contribution < -0.4 is 19.7 Å². The highest BCUT2D eigenvalue weighted by molar-refractivity contribution is 5.95. The standard InChI is InChI=1S/C20H19F3N2O4/c21-20(22,23)13-29-17-4-1-3-14(11-17)24-18(26)12-28-16-8-6-15(7-9-16)25-10-2-5-19(25)27/h1,3-4,6-9,11H,2,5,10,12-13H2,(H,24,26). The van der Waals surface area contributed by atoms with E-state index in [-0.39, 0.29) is 18.3 Å². The summed E-state index contributed by atoms with van der Waals surface area (Å²) in [4.78, 5) is 25.5. The van der Waals surface area contributed by atoms with Crippen LogP contribution in [0.2, 0.25) is 0 Å². The van der Waals surface area contributed by atoms with Gasteiger partial charge in [0.1, 0.15) is 11.5 Å². The van der Waals surface area contributed by atoms with Crippen LogP contribution in [0.5, 0.6) is 11.5 Å². The number of ether oxygens (including phenoxy) is 2. The summed E-state index contributed by atoms with van der Waals surface area (Å²) < 4.78 is 46.7. The van der Waals surface area contributed by atoms with Crippen molar-refractivity contribution < 1.29 is 32.2 Å². The lowest BCUT2D eigenvalue weighted by Gasteiger charge is -2.16. The zero-order chi connectivity index (χ0) is 20.9. The number of anilines is 2. The minimum atomic E-state index is -4.44. The lowest BCUT2D eigenvalue weighted by Crippen LogP contribution is -2.23. The number of hydrogen-bond acceptors (Lipinski definition) is 4. The van der Waals surface area contributed by atoms with Gasteiger partial charge in [-0.25, -0.2) is 0 Å². The van der Waals surface area contributed by atoms with Crippen LogP contribution in [0.4, 0.5) is 24.5 Å². The van der Waals surface area contributed by atoms with Gasteiger partial charge < -0.3 is 19.7 Å². The largest absolute Gasteiger partial charge is 0.484 e. The number of carbonyl (C=O) groups is 2. The lowest BCUT2D eigenvalue weighted by molar-refractivity contribution is -0.153. The predicted molar refractivity (Wildman–Crippen MR) is 100 cm³/mol. The van der Waals surface area contributed by atoms with Gasteiger partial charge in [-0.3, -0.25) is 9.59 Å². The number of rotatable bonds is 7. The fourth-order valence-corrected chi connectivity index (χ4v) is 2.82. The zero-order valence-electron chi connectivity index (χ0n) is 15.4. The van der Waals surface area contributed by atoms with Crippen molar-refractivity contribution in [3.63, 3.8) is 0 Å². The van der Waals surface area contributed by atoms with E-state index in [0.717, 1.165) is 12.1 Å². The monoisotopic (exact) mass is 408 g/mol. The van der Waals surface area contributed by atoms with E-state index in [4.69, 9.17) is 4.74 Å². The van der Waals surface area contributed by atoms with Gasteiger partial charge in [-0.2, -0.15) is 13.2 Å². The topological polar surface area (TPSA) is 67.9 Å². The lowest BCUT2D eigenvalue weighted by atomic mass is 10.3. The number of nitrogens with one attached hydrogen (secondary N) is 1. The molecule has 1 N–H and O–H groups in total. The molecule has 0 atom stereocenters. The van der Waals surface area contributed by atoms with Crippen molar-refractivity contribution in [3.05, 3.63) is 48.5 Å². The molecule has 0 unspecified atom stereocenters. The Morgan fingerprint density at radius 1 is 1.07 bits per heavy atom. The van der Waals surface area contributed by atoms with Crippen molar-refractivity contribution in [2.45, 2.75) is 19.0 Å². The Labute approximate surface area is 165 Å². The predicted octanol–water partition coefficient (Wildman–Crippen LogP) is 3.77. The summed E-state index contributed by atoms with van der Waals surface area (Å²) in [5.74, 6) is 0.0576. The van der Waals surface area contributed by atoms with Crippen molar-refractivity contribution in [3.8, 4) is 11.5 Å². The molecule has 1 aliphatic heterocycles. The molecule has 2 amide bonds. The van der Waals surface area contributed by atoms with Gasteiger partial charge in [0.05, 0.1) is 0 Å². The Kier molecular flexibility index (Phi) is 6.26.